The molecule has 4 N–H and O–H groups in total. The first kappa shape index (κ1) is 20.6. The number of anilines is 1. The first-order valence-electron chi connectivity index (χ1n) is 6.98. The minimum absolute atomic E-state index is 0. The summed E-state index contributed by atoms with van der Waals surface area (Å²) in [5.41, 5.74) is 7.52. The second-order valence-corrected chi connectivity index (χ2v) is 6.70. The van der Waals surface area contributed by atoms with E-state index in [0.717, 1.165) is 15.7 Å². The lowest BCUT2D eigenvalue weighted by Gasteiger charge is -2.09. The van der Waals surface area contributed by atoms with Gasteiger partial charge in [-0.3, -0.25) is 9.59 Å². The smallest absolute Gasteiger partial charge is 0.270 e. The summed E-state index contributed by atoms with van der Waals surface area (Å²) >= 11 is 4.71. The normalized spacial score (nSPS) is 9.96. The van der Waals surface area contributed by atoms with Crippen LogP contribution in [0.4, 0.5) is 5.69 Å². The summed E-state index contributed by atoms with van der Waals surface area (Å²) in [6.07, 6.45) is 0.186. The molecule has 0 atom stereocenters. The van der Waals surface area contributed by atoms with Crippen LogP contribution in [0.3, 0.4) is 0 Å². The minimum Gasteiger partial charge on any atom is -0.350 e. The Kier molecular flexibility index (Phi) is 8.34. The zero-order chi connectivity index (χ0) is 16.8. The number of aryl methyl sites for hydroxylation is 1. The van der Waals surface area contributed by atoms with Crippen LogP contribution in [0.2, 0.25) is 0 Å². The van der Waals surface area contributed by atoms with E-state index in [-0.39, 0.29) is 37.2 Å². The monoisotopic (exact) mass is 432 g/mol. The standard InChI is InChI=1S/C15H17BrN4O2S.ClH/c1-9-2-3-10(16)6-11(9)19-13(21)4-5-18-15(22)12-8-23-14(7-17)20-12;/h2-3,6,8H,4-5,7,17H2,1H3,(H,18,22)(H,19,21);1H. The van der Waals surface area contributed by atoms with Gasteiger partial charge in [0, 0.05) is 35.1 Å². The number of nitrogens with zero attached hydrogens (tertiary/aromatic N) is 1. The molecule has 0 unspecified atom stereocenters. The summed E-state index contributed by atoms with van der Waals surface area (Å²) in [5, 5.41) is 7.86. The van der Waals surface area contributed by atoms with Crippen molar-refractivity contribution in [2.24, 2.45) is 5.73 Å². The van der Waals surface area contributed by atoms with Crippen molar-refractivity contribution in [2.45, 2.75) is 19.9 Å². The predicted octanol–water partition coefficient (Wildman–Crippen LogP) is 2.85. The summed E-state index contributed by atoms with van der Waals surface area (Å²) in [6, 6.07) is 5.67. The van der Waals surface area contributed by atoms with Crippen LogP contribution in [0.1, 0.15) is 27.5 Å². The highest BCUT2D eigenvalue weighted by Crippen LogP contribution is 2.20. The van der Waals surface area contributed by atoms with E-state index in [1.807, 2.05) is 25.1 Å². The fourth-order valence-electron chi connectivity index (χ4n) is 1.83. The maximum absolute atomic E-state index is 11.9. The molecule has 24 heavy (non-hydrogen) atoms. The number of nitrogens with two attached hydrogens (primary N) is 1. The van der Waals surface area contributed by atoms with E-state index in [0.29, 0.717) is 17.2 Å². The van der Waals surface area contributed by atoms with Crippen LogP contribution in [0.25, 0.3) is 0 Å². The van der Waals surface area contributed by atoms with Crippen molar-refractivity contribution in [1.29, 1.82) is 0 Å². The molecule has 0 aliphatic heterocycles. The van der Waals surface area contributed by atoms with Gasteiger partial charge in [0.1, 0.15) is 10.7 Å². The van der Waals surface area contributed by atoms with Crippen molar-refractivity contribution in [3.63, 3.8) is 0 Å². The molecule has 0 radical (unpaired) electrons. The summed E-state index contributed by atoms with van der Waals surface area (Å²) in [7, 11) is 0. The number of benzene rings is 1. The van der Waals surface area contributed by atoms with E-state index in [1.54, 1.807) is 5.38 Å². The Morgan fingerprint density at radius 3 is 2.79 bits per heavy atom. The zero-order valence-electron chi connectivity index (χ0n) is 13.0. The molecule has 9 heteroatoms. The van der Waals surface area contributed by atoms with E-state index in [2.05, 4.69) is 31.5 Å². The van der Waals surface area contributed by atoms with Crippen molar-refractivity contribution in [3.8, 4) is 0 Å². The van der Waals surface area contributed by atoms with E-state index >= 15 is 0 Å². The third-order valence-electron chi connectivity index (χ3n) is 3.07. The van der Waals surface area contributed by atoms with Gasteiger partial charge in [-0.25, -0.2) is 4.98 Å². The molecular weight excluding hydrogens is 416 g/mol. The molecule has 2 amide bonds. The molecule has 0 aliphatic carbocycles. The minimum atomic E-state index is -0.299. The molecule has 130 valence electrons. The van der Waals surface area contributed by atoms with Gasteiger partial charge >= 0.3 is 0 Å². The number of carbonyl (C=O) groups excluding carboxylic acids is 2. The fraction of sp³-hybridized carbons (Fsp3) is 0.267. The number of rotatable bonds is 6. The number of carbonyl (C=O) groups is 2. The molecule has 1 aromatic carbocycles. The number of nitrogens with one attached hydrogen (secondary N) is 2. The van der Waals surface area contributed by atoms with Gasteiger partial charge in [0.05, 0.1) is 0 Å². The third kappa shape index (κ3) is 5.86. The molecule has 0 bridgehead atoms. The van der Waals surface area contributed by atoms with Crippen molar-refractivity contribution >= 4 is 57.2 Å². The summed E-state index contributed by atoms with van der Waals surface area (Å²) < 4.78 is 0.894. The average molecular weight is 434 g/mol. The maximum Gasteiger partial charge on any atom is 0.270 e. The predicted molar refractivity (Wildman–Crippen MR) is 102 cm³/mol. The number of amides is 2. The highest BCUT2D eigenvalue weighted by atomic mass is 79.9. The van der Waals surface area contributed by atoms with Gasteiger partial charge in [0.2, 0.25) is 5.91 Å². The van der Waals surface area contributed by atoms with Crippen molar-refractivity contribution in [2.75, 3.05) is 11.9 Å². The van der Waals surface area contributed by atoms with E-state index in [1.165, 1.54) is 11.3 Å². The van der Waals surface area contributed by atoms with Gasteiger partial charge in [-0.05, 0) is 24.6 Å². The van der Waals surface area contributed by atoms with Gasteiger partial charge in [0.15, 0.2) is 0 Å². The second kappa shape index (κ2) is 9.73. The van der Waals surface area contributed by atoms with Crippen molar-refractivity contribution in [1.82, 2.24) is 10.3 Å². The zero-order valence-corrected chi connectivity index (χ0v) is 16.2. The summed E-state index contributed by atoms with van der Waals surface area (Å²) in [6.45, 7) is 2.47. The Morgan fingerprint density at radius 1 is 1.38 bits per heavy atom. The van der Waals surface area contributed by atoms with Crippen molar-refractivity contribution < 1.29 is 9.59 Å². The summed E-state index contributed by atoms with van der Waals surface area (Å²) in [4.78, 5) is 27.9. The molecule has 1 heterocycles. The highest BCUT2D eigenvalue weighted by Gasteiger charge is 2.11. The lowest BCUT2D eigenvalue weighted by Crippen LogP contribution is -2.28. The van der Waals surface area contributed by atoms with Gasteiger partial charge in [-0.1, -0.05) is 22.0 Å². The molecule has 0 saturated carbocycles. The molecule has 1 aromatic heterocycles. The second-order valence-electron chi connectivity index (χ2n) is 4.84. The van der Waals surface area contributed by atoms with Crippen LogP contribution in [0.15, 0.2) is 28.1 Å². The maximum atomic E-state index is 11.9. The third-order valence-corrected chi connectivity index (χ3v) is 4.43. The average Bonchev–Trinajstić information content (AvgIpc) is 3.00. The lowest BCUT2D eigenvalue weighted by molar-refractivity contribution is -0.116. The van der Waals surface area contributed by atoms with E-state index in [4.69, 9.17) is 5.73 Å². The van der Waals surface area contributed by atoms with Crippen LogP contribution in [0, 0.1) is 6.92 Å². The molecule has 2 aromatic rings. The number of halogens is 2. The Bertz CT molecular complexity index is 723. The SMILES string of the molecule is Cc1ccc(Br)cc1NC(=O)CCNC(=O)c1csc(CN)n1.Cl. The fourth-order valence-corrected chi connectivity index (χ4v) is 2.85. The van der Waals surface area contributed by atoms with Crippen LogP contribution >= 0.6 is 39.7 Å². The largest absolute Gasteiger partial charge is 0.350 e. The Balaban J connectivity index is 0.00000288. The molecular formula is C15H18BrClN4O2S. The number of hydrogen-bond donors (Lipinski definition) is 3. The number of hydrogen-bond acceptors (Lipinski definition) is 5. The Labute approximate surface area is 158 Å². The van der Waals surface area contributed by atoms with Crippen molar-refractivity contribution in [3.05, 3.63) is 44.3 Å². The Hall–Kier alpha value is -1.48. The number of thiazole rings is 1. The lowest BCUT2D eigenvalue weighted by atomic mass is 10.2. The van der Waals surface area contributed by atoms with E-state index in [9.17, 15) is 9.59 Å². The van der Waals surface area contributed by atoms with Crippen LogP contribution in [-0.2, 0) is 11.3 Å². The van der Waals surface area contributed by atoms with Crippen LogP contribution < -0.4 is 16.4 Å². The molecule has 0 aliphatic rings. The Morgan fingerprint density at radius 2 is 2.12 bits per heavy atom. The quantitative estimate of drug-likeness (QED) is 0.652. The molecule has 0 saturated heterocycles. The molecule has 0 fully saturated rings. The first-order valence-corrected chi connectivity index (χ1v) is 8.65. The van der Waals surface area contributed by atoms with Crippen LogP contribution in [-0.4, -0.2) is 23.3 Å². The molecule has 6 nitrogen and oxygen atoms in total. The summed E-state index contributed by atoms with van der Waals surface area (Å²) in [5.74, 6) is -0.459. The molecule has 0 spiro atoms. The number of aromatic nitrogens is 1. The first-order chi connectivity index (χ1) is 11.0. The van der Waals surface area contributed by atoms with Crippen LogP contribution in [0.5, 0.6) is 0 Å². The van der Waals surface area contributed by atoms with Gasteiger partial charge in [0.25, 0.3) is 5.91 Å². The topological polar surface area (TPSA) is 97.1 Å². The highest BCUT2D eigenvalue weighted by molar-refractivity contribution is 9.10. The van der Waals surface area contributed by atoms with Gasteiger partial charge < -0.3 is 16.4 Å². The van der Waals surface area contributed by atoms with Gasteiger partial charge in [-0.2, -0.15) is 0 Å². The van der Waals surface area contributed by atoms with E-state index < -0.39 is 0 Å². The van der Waals surface area contributed by atoms with Gasteiger partial charge in [-0.15, -0.1) is 23.7 Å². The molecule has 2 rings (SSSR count).